The van der Waals surface area contributed by atoms with Crippen LogP contribution < -0.4 is 4.74 Å². The zero-order valence-corrected chi connectivity index (χ0v) is 9.63. The van der Waals surface area contributed by atoms with Gasteiger partial charge in [0.05, 0.1) is 0 Å². The maximum atomic E-state index is 11.1. The van der Waals surface area contributed by atoms with Crippen LogP contribution in [0.3, 0.4) is 0 Å². The lowest BCUT2D eigenvalue weighted by molar-refractivity contribution is -0.204. The normalized spacial score (nSPS) is 15.8. The Morgan fingerprint density at radius 2 is 1.83 bits per heavy atom. The van der Waals surface area contributed by atoms with Gasteiger partial charge in [-0.05, 0) is 24.3 Å². The number of hydrogen-bond donors (Lipinski definition) is 0. The van der Waals surface area contributed by atoms with Crippen LogP contribution in [0.2, 0.25) is 0 Å². The Morgan fingerprint density at radius 3 is 2.39 bits per heavy atom. The second-order valence-corrected chi connectivity index (χ2v) is 3.66. The van der Waals surface area contributed by atoms with E-state index in [0.29, 0.717) is 17.9 Å². The number of cyclic esters (lactones) is 2. The first-order valence-corrected chi connectivity index (χ1v) is 5.41. The van der Waals surface area contributed by atoms with Gasteiger partial charge in [0.2, 0.25) is 0 Å². The van der Waals surface area contributed by atoms with Gasteiger partial charge >= 0.3 is 11.9 Å². The van der Waals surface area contributed by atoms with Gasteiger partial charge in [-0.2, -0.15) is 0 Å². The van der Waals surface area contributed by atoms with Crippen LogP contribution in [0.25, 0.3) is 0 Å². The van der Waals surface area contributed by atoms with E-state index in [1.165, 1.54) is 0 Å². The summed E-state index contributed by atoms with van der Waals surface area (Å²) in [7, 11) is 0. The number of rotatable bonds is 4. The van der Waals surface area contributed by atoms with Gasteiger partial charge in [-0.1, -0.05) is 12.7 Å². The van der Waals surface area contributed by atoms with Crippen molar-refractivity contribution in [2.75, 3.05) is 6.61 Å². The van der Waals surface area contributed by atoms with Gasteiger partial charge in [0.25, 0.3) is 6.29 Å². The fraction of sp³-hybridized carbons (Fsp3) is 0.231. The second-order valence-electron chi connectivity index (χ2n) is 3.66. The lowest BCUT2D eigenvalue weighted by Crippen LogP contribution is -2.26. The van der Waals surface area contributed by atoms with Crippen molar-refractivity contribution in [2.24, 2.45) is 0 Å². The lowest BCUT2D eigenvalue weighted by Gasteiger charge is -2.22. The molecule has 94 valence electrons. The van der Waals surface area contributed by atoms with Crippen molar-refractivity contribution in [3.8, 4) is 5.75 Å². The van der Waals surface area contributed by atoms with Crippen LogP contribution in [0.15, 0.2) is 36.9 Å². The van der Waals surface area contributed by atoms with Crippen molar-refractivity contribution < 1.29 is 23.8 Å². The van der Waals surface area contributed by atoms with Crippen LogP contribution in [0.5, 0.6) is 5.75 Å². The third-order valence-corrected chi connectivity index (χ3v) is 2.29. The average Bonchev–Trinajstić information content (AvgIpc) is 2.36. The third-order valence-electron chi connectivity index (χ3n) is 2.29. The maximum Gasteiger partial charge on any atom is 0.320 e. The number of hydrogen-bond acceptors (Lipinski definition) is 5. The maximum absolute atomic E-state index is 11.1. The number of benzene rings is 1. The van der Waals surface area contributed by atoms with Crippen LogP contribution in [0.1, 0.15) is 18.3 Å². The Hall–Kier alpha value is -2.30. The van der Waals surface area contributed by atoms with E-state index >= 15 is 0 Å². The molecule has 1 saturated heterocycles. The van der Waals surface area contributed by atoms with Gasteiger partial charge in [-0.3, -0.25) is 9.59 Å². The van der Waals surface area contributed by atoms with E-state index < -0.39 is 18.2 Å². The molecule has 0 bridgehead atoms. The predicted molar refractivity (Wildman–Crippen MR) is 61.7 cm³/mol. The summed E-state index contributed by atoms with van der Waals surface area (Å²) < 4.78 is 15.2. The monoisotopic (exact) mass is 248 g/mol. The molecule has 1 aromatic rings. The van der Waals surface area contributed by atoms with E-state index in [4.69, 9.17) is 14.2 Å². The molecule has 1 aliphatic rings. The summed E-state index contributed by atoms with van der Waals surface area (Å²) in [4.78, 5) is 22.2. The molecular formula is C13H12O5. The van der Waals surface area contributed by atoms with Crippen molar-refractivity contribution in [1.82, 2.24) is 0 Å². The minimum Gasteiger partial charge on any atom is -0.490 e. The van der Waals surface area contributed by atoms with E-state index in [1.807, 2.05) is 0 Å². The zero-order chi connectivity index (χ0) is 13.0. The zero-order valence-electron chi connectivity index (χ0n) is 9.63. The van der Waals surface area contributed by atoms with Crippen molar-refractivity contribution in [2.45, 2.75) is 12.7 Å². The highest BCUT2D eigenvalue weighted by Crippen LogP contribution is 2.25. The Labute approximate surface area is 104 Å². The van der Waals surface area contributed by atoms with Gasteiger partial charge < -0.3 is 14.2 Å². The van der Waals surface area contributed by atoms with Crippen LogP contribution in [0.4, 0.5) is 0 Å². The molecule has 5 heteroatoms. The van der Waals surface area contributed by atoms with Gasteiger partial charge in [-0.15, -0.1) is 0 Å². The standard InChI is InChI=1S/C13H12O5/c1-2-7-16-10-5-3-9(4-6-10)13-17-11(14)8-12(15)18-13/h2-6,13H,1,7-8H2. The molecule has 1 aliphatic heterocycles. The summed E-state index contributed by atoms with van der Waals surface area (Å²) in [6.07, 6.45) is 0.336. The summed E-state index contributed by atoms with van der Waals surface area (Å²) in [5.41, 5.74) is 0.586. The highest BCUT2D eigenvalue weighted by molar-refractivity contribution is 5.92. The van der Waals surface area contributed by atoms with Gasteiger partial charge in [0.1, 0.15) is 18.8 Å². The molecule has 0 amide bonds. The Kier molecular flexibility index (Phi) is 3.62. The van der Waals surface area contributed by atoms with E-state index in [9.17, 15) is 9.59 Å². The molecule has 18 heavy (non-hydrogen) atoms. The number of carbonyl (C=O) groups excluding carboxylic acids is 2. The van der Waals surface area contributed by atoms with Gasteiger partial charge in [0.15, 0.2) is 0 Å². The smallest absolute Gasteiger partial charge is 0.320 e. The van der Waals surface area contributed by atoms with E-state index in [-0.39, 0.29) is 6.42 Å². The molecule has 0 aromatic heterocycles. The molecule has 0 aliphatic carbocycles. The first-order chi connectivity index (χ1) is 8.69. The van der Waals surface area contributed by atoms with Crippen LogP contribution in [-0.4, -0.2) is 18.5 Å². The first kappa shape index (κ1) is 12.2. The SMILES string of the molecule is C=CCOc1ccc(C2OC(=O)CC(=O)O2)cc1. The minimum absolute atomic E-state index is 0.336. The van der Waals surface area contributed by atoms with Crippen LogP contribution in [-0.2, 0) is 19.1 Å². The molecule has 2 rings (SSSR count). The minimum atomic E-state index is -0.966. The molecule has 1 heterocycles. The number of carbonyl (C=O) groups is 2. The molecule has 0 atom stereocenters. The molecule has 0 N–H and O–H groups in total. The van der Waals surface area contributed by atoms with E-state index in [1.54, 1.807) is 30.3 Å². The lowest BCUT2D eigenvalue weighted by atomic mass is 10.2. The van der Waals surface area contributed by atoms with Gasteiger partial charge in [-0.25, -0.2) is 0 Å². The summed E-state index contributed by atoms with van der Waals surface area (Å²) in [6, 6.07) is 6.76. The molecular weight excluding hydrogens is 236 g/mol. The molecule has 1 aromatic carbocycles. The summed E-state index contributed by atoms with van der Waals surface area (Å²) in [5.74, 6) is -0.501. The van der Waals surface area contributed by atoms with Crippen molar-refractivity contribution in [1.29, 1.82) is 0 Å². The average molecular weight is 248 g/mol. The Balaban J connectivity index is 2.06. The highest BCUT2D eigenvalue weighted by Gasteiger charge is 2.28. The van der Waals surface area contributed by atoms with E-state index in [2.05, 4.69) is 6.58 Å². The van der Waals surface area contributed by atoms with Crippen molar-refractivity contribution in [3.63, 3.8) is 0 Å². The Bertz CT molecular complexity index is 447. The van der Waals surface area contributed by atoms with Crippen molar-refractivity contribution >= 4 is 11.9 Å². The number of ether oxygens (including phenoxy) is 3. The van der Waals surface area contributed by atoms with Crippen LogP contribution in [0, 0.1) is 0 Å². The fourth-order valence-electron chi connectivity index (χ4n) is 1.48. The van der Waals surface area contributed by atoms with Crippen molar-refractivity contribution in [3.05, 3.63) is 42.5 Å². The molecule has 0 unspecified atom stereocenters. The molecule has 5 nitrogen and oxygen atoms in total. The fourth-order valence-corrected chi connectivity index (χ4v) is 1.48. The molecule has 0 radical (unpaired) electrons. The predicted octanol–water partition coefficient (Wildman–Crippen LogP) is 1.74. The largest absolute Gasteiger partial charge is 0.490 e. The molecule has 1 fully saturated rings. The topological polar surface area (TPSA) is 61.8 Å². The summed E-state index contributed by atoms with van der Waals surface area (Å²) in [6.45, 7) is 3.95. The first-order valence-electron chi connectivity index (χ1n) is 5.41. The van der Waals surface area contributed by atoms with Gasteiger partial charge in [0, 0.05) is 5.56 Å². The Morgan fingerprint density at radius 1 is 1.22 bits per heavy atom. The molecule has 0 saturated carbocycles. The van der Waals surface area contributed by atoms with E-state index in [0.717, 1.165) is 0 Å². The second kappa shape index (κ2) is 5.35. The number of esters is 2. The highest BCUT2D eigenvalue weighted by atomic mass is 16.7. The summed E-state index contributed by atoms with van der Waals surface area (Å²) in [5, 5.41) is 0. The molecule has 0 spiro atoms. The third kappa shape index (κ3) is 2.88. The van der Waals surface area contributed by atoms with Crippen LogP contribution >= 0.6 is 0 Å². The summed E-state index contributed by atoms with van der Waals surface area (Å²) >= 11 is 0. The quantitative estimate of drug-likeness (QED) is 0.461.